The van der Waals surface area contributed by atoms with Crippen LogP contribution in [0.15, 0.2) is 48.5 Å². The van der Waals surface area contributed by atoms with Gasteiger partial charge in [-0.25, -0.2) is 0 Å². The molecule has 2 amide bonds. The number of hydrogen-bond donors (Lipinski definition) is 2. The molecule has 2 aromatic rings. The van der Waals surface area contributed by atoms with E-state index in [0.29, 0.717) is 17.1 Å². The first-order valence-electron chi connectivity index (χ1n) is 7.30. The van der Waals surface area contributed by atoms with Crippen LogP contribution < -0.4 is 15.4 Å². The van der Waals surface area contributed by atoms with Crippen LogP contribution in [0.4, 0.5) is 11.4 Å². The number of amides is 2. The second kappa shape index (κ2) is 8.34. The molecule has 0 heterocycles. The smallest absolute Gasteiger partial charge is 0.238 e. The highest BCUT2D eigenvalue weighted by atomic mass is 16.5. The van der Waals surface area contributed by atoms with Crippen molar-refractivity contribution in [3.63, 3.8) is 0 Å². The third-order valence-corrected chi connectivity index (χ3v) is 3.19. The van der Waals surface area contributed by atoms with Gasteiger partial charge in [-0.1, -0.05) is 12.1 Å². The van der Waals surface area contributed by atoms with E-state index < -0.39 is 0 Å². The molecule has 2 rings (SSSR count). The van der Waals surface area contributed by atoms with Crippen LogP contribution in [0.3, 0.4) is 0 Å². The number of benzene rings is 2. The van der Waals surface area contributed by atoms with E-state index in [1.165, 1.54) is 0 Å². The molecule has 6 heteroatoms. The number of nitrogens with one attached hydrogen (secondary N) is 2. The van der Waals surface area contributed by atoms with Crippen molar-refractivity contribution in [3.05, 3.63) is 54.1 Å². The number of methoxy groups -OCH3 is 1. The fourth-order valence-corrected chi connectivity index (χ4v) is 2.09. The van der Waals surface area contributed by atoms with Gasteiger partial charge in [0.2, 0.25) is 11.8 Å². The molecule has 24 heavy (non-hydrogen) atoms. The quantitative estimate of drug-likeness (QED) is 0.855. The van der Waals surface area contributed by atoms with Crippen molar-refractivity contribution in [2.24, 2.45) is 0 Å². The van der Waals surface area contributed by atoms with Gasteiger partial charge in [0.15, 0.2) is 0 Å². The SMILES string of the molecule is COc1cccc(CC(=O)Nc2ccc(NC(=O)CC#N)cc2)c1. The minimum absolute atomic E-state index is 0.149. The molecule has 0 saturated carbocycles. The summed E-state index contributed by atoms with van der Waals surface area (Å²) in [6.07, 6.45) is 0.0386. The molecule has 0 atom stereocenters. The van der Waals surface area contributed by atoms with Gasteiger partial charge in [0, 0.05) is 11.4 Å². The van der Waals surface area contributed by atoms with Crippen LogP contribution in [-0.2, 0) is 16.0 Å². The van der Waals surface area contributed by atoms with Gasteiger partial charge < -0.3 is 15.4 Å². The van der Waals surface area contributed by atoms with E-state index in [1.807, 2.05) is 24.3 Å². The van der Waals surface area contributed by atoms with E-state index in [1.54, 1.807) is 37.4 Å². The molecule has 122 valence electrons. The van der Waals surface area contributed by atoms with Crippen LogP contribution in [0.2, 0.25) is 0 Å². The largest absolute Gasteiger partial charge is 0.497 e. The third kappa shape index (κ3) is 5.14. The van der Waals surface area contributed by atoms with Gasteiger partial charge in [0.25, 0.3) is 0 Å². The first-order valence-corrected chi connectivity index (χ1v) is 7.30. The number of ether oxygens (including phenoxy) is 1. The zero-order valence-electron chi connectivity index (χ0n) is 13.2. The van der Waals surface area contributed by atoms with Crippen molar-refractivity contribution in [1.82, 2.24) is 0 Å². The van der Waals surface area contributed by atoms with Crippen LogP contribution in [-0.4, -0.2) is 18.9 Å². The minimum atomic E-state index is -0.368. The van der Waals surface area contributed by atoms with Crippen molar-refractivity contribution in [2.45, 2.75) is 12.8 Å². The molecule has 0 aromatic heterocycles. The zero-order chi connectivity index (χ0) is 17.4. The molecule has 0 unspecified atom stereocenters. The van der Waals surface area contributed by atoms with E-state index in [2.05, 4.69) is 10.6 Å². The van der Waals surface area contributed by atoms with Crippen LogP contribution in [0, 0.1) is 11.3 Å². The van der Waals surface area contributed by atoms with E-state index in [0.717, 1.165) is 5.56 Å². The fraction of sp³-hybridized carbons (Fsp3) is 0.167. The van der Waals surface area contributed by atoms with Crippen molar-refractivity contribution in [3.8, 4) is 11.8 Å². The molecule has 0 radical (unpaired) electrons. The first-order chi connectivity index (χ1) is 11.6. The maximum absolute atomic E-state index is 12.1. The van der Waals surface area contributed by atoms with E-state index in [-0.39, 0.29) is 24.7 Å². The summed E-state index contributed by atoms with van der Waals surface area (Å²) >= 11 is 0. The Morgan fingerprint density at radius 2 is 1.67 bits per heavy atom. The molecular formula is C18H17N3O3. The Morgan fingerprint density at radius 3 is 2.25 bits per heavy atom. The Bertz CT molecular complexity index is 764. The molecule has 0 aliphatic heterocycles. The predicted octanol–water partition coefficient (Wildman–Crippen LogP) is 2.73. The number of carbonyl (C=O) groups is 2. The summed E-state index contributed by atoms with van der Waals surface area (Å²) in [6.45, 7) is 0. The molecule has 6 nitrogen and oxygen atoms in total. The van der Waals surface area contributed by atoms with E-state index in [9.17, 15) is 9.59 Å². The van der Waals surface area contributed by atoms with E-state index in [4.69, 9.17) is 10.00 Å². The third-order valence-electron chi connectivity index (χ3n) is 3.19. The molecule has 0 aliphatic carbocycles. The van der Waals surface area contributed by atoms with Crippen LogP contribution >= 0.6 is 0 Å². The van der Waals surface area contributed by atoms with Crippen molar-refractivity contribution < 1.29 is 14.3 Å². The molecule has 2 aromatic carbocycles. The number of carbonyl (C=O) groups excluding carboxylic acids is 2. The number of nitrogens with zero attached hydrogens (tertiary/aromatic N) is 1. The lowest BCUT2D eigenvalue weighted by atomic mass is 10.1. The van der Waals surface area contributed by atoms with Gasteiger partial charge in [0.05, 0.1) is 19.6 Å². The zero-order valence-corrected chi connectivity index (χ0v) is 13.2. The Morgan fingerprint density at radius 1 is 1.04 bits per heavy atom. The van der Waals surface area contributed by atoms with Gasteiger partial charge in [-0.15, -0.1) is 0 Å². The predicted molar refractivity (Wildman–Crippen MR) is 90.6 cm³/mol. The second-order valence-corrected chi connectivity index (χ2v) is 5.04. The number of rotatable bonds is 6. The van der Waals surface area contributed by atoms with Gasteiger partial charge in [-0.3, -0.25) is 9.59 Å². The number of hydrogen-bond acceptors (Lipinski definition) is 4. The molecular weight excluding hydrogens is 306 g/mol. The molecule has 0 spiro atoms. The lowest BCUT2D eigenvalue weighted by Crippen LogP contribution is -2.14. The second-order valence-electron chi connectivity index (χ2n) is 5.04. The average Bonchev–Trinajstić information content (AvgIpc) is 2.57. The maximum Gasteiger partial charge on any atom is 0.238 e. The molecule has 0 bridgehead atoms. The van der Waals surface area contributed by atoms with Crippen LogP contribution in [0.25, 0.3) is 0 Å². The normalized spacial score (nSPS) is 9.67. The topological polar surface area (TPSA) is 91.2 Å². The molecule has 0 aliphatic rings. The van der Waals surface area contributed by atoms with Gasteiger partial charge in [0.1, 0.15) is 12.2 Å². The van der Waals surface area contributed by atoms with Crippen LogP contribution in [0.1, 0.15) is 12.0 Å². The van der Waals surface area contributed by atoms with Gasteiger partial charge in [-0.2, -0.15) is 5.26 Å². The average molecular weight is 323 g/mol. The highest BCUT2D eigenvalue weighted by Gasteiger charge is 2.06. The number of anilines is 2. The number of nitriles is 1. The maximum atomic E-state index is 12.1. The molecule has 0 saturated heterocycles. The Hall–Kier alpha value is -3.33. The van der Waals surface area contributed by atoms with Gasteiger partial charge in [-0.05, 0) is 42.0 Å². The highest BCUT2D eigenvalue weighted by molar-refractivity contribution is 5.94. The summed E-state index contributed by atoms with van der Waals surface area (Å²) in [4.78, 5) is 23.4. The van der Waals surface area contributed by atoms with Crippen molar-refractivity contribution in [2.75, 3.05) is 17.7 Å². The lowest BCUT2D eigenvalue weighted by molar-refractivity contribution is -0.116. The first kappa shape index (κ1) is 17.0. The lowest BCUT2D eigenvalue weighted by Gasteiger charge is -2.08. The Balaban J connectivity index is 1.92. The van der Waals surface area contributed by atoms with Gasteiger partial charge >= 0.3 is 0 Å². The Labute approximate surface area is 140 Å². The van der Waals surface area contributed by atoms with Crippen LogP contribution in [0.5, 0.6) is 5.75 Å². The van der Waals surface area contributed by atoms with E-state index >= 15 is 0 Å². The summed E-state index contributed by atoms with van der Waals surface area (Å²) in [5.41, 5.74) is 2.05. The summed E-state index contributed by atoms with van der Waals surface area (Å²) in [6, 6.07) is 15.8. The summed E-state index contributed by atoms with van der Waals surface area (Å²) in [7, 11) is 1.58. The summed E-state index contributed by atoms with van der Waals surface area (Å²) < 4.78 is 5.13. The summed E-state index contributed by atoms with van der Waals surface area (Å²) in [5, 5.41) is 13.8. The summed E-state index contributed by atoms with van der Waals surface area (Å²) in [5.74, 6) is 0.189. The molecule has 2 N–H and O–H groups in total. The highest BCUT2D eigenvalue weighted by Crippen LogP contribution is 2.16. The van der Waals surface area contributed by atoms with Crippen molar-refractivity contribution >= 4 is 23.2 Å². The standard InChI is InChI=1S/C18H17N3O3/c1-24-16-4-2-3-13(11-16)12-18(23)21-15-7-5-14(6-8-15)20-17(22)9-10-19/h2-8,11H,9,12H2,1H3,(H,20,22)(H,21,23). The Kier molecular flexibility index (Phi) is 5.92. The minimum Gasteiger partial charge on any atom is -0.497 e. The fourth-order valence-electron chi connectivity index (χ4n) is 2.09. The monoisotopic (exact) mass is 323 g/mol. The molecule has 0 fully saturated rings. The van der Waals surface area contributed by atoms with Crippen molar-refractivity contribution in [1.29, 1.82) is 5.26 Å².